The van der Waals surface area contributed by atoms with Gasteiger partial charge in [-0.3, -0.25) is 14.4 Å². The molecule has 0 unspecified atom stereocenters. The van der Waals surface area contributed by atoms with E-state index in [1.165, 1.54) is 25.7 Å². The van der Waals surface area contributed by atoms with Crippen LogP contribution in [0, 0.1) is 0 Å². The lowest BCUT2D eigenvalue weighted by Gasteiger charge is -2.18. The van der Waals surface area contributed by atoms with E-state index in [2.05, 4.69) is 43.1 Å². The van der Waals surface area contributed by atoms with Crippen LogP contribution in [0.1, 0.15) is 188 Å². The molecule has 0 aromatic rings. The molecule has 0 rings (SSSR count). The van der Waals surface area contributed by atoms with Gasteiger partial charge in [-0.25, -0.2) is 0 Å². The lowest BCUT2D eigenvalue weighted by molar-refractivity contribution is -0.150. The summed E-state index contributed by atoms with van der Waals surface area (Å²) in [6.07, 6.45) is 34.2. The van der Waals surface area contributed by atoms with Gasteiger partial charge in [-0.1, -0.05) is 123 Å². The second-order valence-corrected chi connectivity index (χ2v) is 13.6. The largest absolute Gasteiger partial charge is 0.466 e. The molecule has 0 spiro atoms. The number of nitrogens with zero attached hydrogens (tertiary/aromatic N) is 1. The molecular formula is C42H79NO6. The smallest absolute Gasteiger partial charge is 0.306 e. The second-order valence-electron chi connectivity index (χ2n) is 13.6. The van der Waals surface area contributed by atoms with Gasteiger partial charge in [0.2, 0.25) is 0 Å². The van der Waals surface area contributed by atoms with Crippen molar-refractivity contribution in [3.63, 3.8) is 0 Å². The minimum atomic E-state index is -0.0905. The van der Waals surface area contributed by atoms with E-state index < -0.39 is 0 Å². The average Bonchev–Trinajstić information content (AvgIpc) is 3.05. The topological polar surface area (TPSA) is 82.1 Å². The minimum absolute atomic E-state index is 0. The normalized spacial score (nSPS) is 11.5. The third-order valence-corrected chi connectivity index (χ3v) is 8.46. The van der Waals surface area contributed by atoms with Crippen LogP contribution < -0.4 is 0 Å². The summed E-state index contributed by atoms with van der Waals surface area (Å²) in [7, 11) is 4.05. The number of allylic oxidation sites excluding steroid dienone is 4. The summed E-state index contributed by atoms with van der Waals surface area (Å²) in [6.45, 7) is 6.31. The predicted octanol–water partition coefficient (Wildman–Crippen LogP) is 11.5. The van der Waals surface area contributed by atoms with Crippen molar-refractivity contribution in [3.8, 4) is 0 Å². The van der Waals surface area contributed by atoms with Crippen LogP contribution in [0.15, 0.2) is 24.3 Å². The number of hydrogen-bond donors (Lipinski definition) is 0. The fraction of sp³-hybridized carbons (Fsp3) is 0.833. The van der Waals surface area contributed by atoms with E-state index in [-0.39, 0.29) is 31.4 Å². The van der Waals surface area contributed by atoms with E-state index in [9.17, 15) is 14.4 Å². The second kappa shape index (κ2) is 38.6. The van der Waals surface area contributed by atoms with E-state index in [0.29, 0.717) is 32.5 Å². The first-order chi connectivity index (χ1) is 23.4. The number of unbranched alkanes of at least 4 members (excludes halogenated alkanes) is 14. The molecule has 0 aliphatic heterocycles. The SMILES string of the molecule is C.CCCC/C=C\CCC(=O)OCCCCCCCCC(CCCCCCCCOC(=O)CC/C=C\CCCC)OC(=O)CCCN(C)C. The van der Waals surface area contributed by atoms with Gasteiger partial charge in [0.05, 0.1) is 13.2 Å². The molecular weight excluding hydrogens is 614 g/mol. The summed E-state index contributed by atoms with van der Waals surface area (Å²) < 4.78 is 16.7. The van der Waals surface area contributed by atoms with Crippen LogP contribution in [0.2, 0.25) is 0 Å². The maximum atomic E-state index is 12.5. The Balaban J connectivity index is 0. The highest BCUT2D eigenvalue weighted by Gasteiger charge is 2.14. The average molecular weight is 694 g/mol. The summed E-state index contributed by atoms with van der Waals surface area (Å²) >= 11 is 0. The maximum Gasteiger partial charge on any atom is 0.306 e. The minimum Gasteiger partial charge on any atom is -0.466 e. The molecule has 0 aromatic heterocycles. The van der Waals surface area contributed by atoms with Crippen molar-refractivity contribution in [3.05, 3.63) is 24.3 Å². The molecule has 0 saturated heterocycles. The zero-order chi connectivity index (χ0) is 35.3. The Bertz CT molecular complexity index is 757. The summed E-state index contributed by atoms with van der Waals surface area (Å²) in [5.41, 5.74) is 0. The van der Waals surface area contributed by atoms with Gasteiger partial charge < -0.3 is 19.1 Å². The van der Waals surface area contributed by atoms with Gasteiger partial charge in [0.25, 0.3) is 0 Å². The third-order valence-electron chi connectivity index (χ3n) is 8.46. The van der Waals surface area contributed by atoms with Gasteiger partial charge >= 0.3 is 17.9 Å². The molecule has 0 amide bonds. The van der Waals surface area contributed by atoms with Crippen LogP contribution in [0.3, 0.4) is 0 Å². The number of carbonyl (C=O) groups excluding carboxylic acids is 3. The monoisotopic (exact) mass is 694 g/mol. The van der Waals surface area contributed by atoms with Gasteiger partial charge in [0.15, 0.2) is 0 Å². The predicted molar refractivity (Wildman–Crippen MR) is 207 cm³/mol. The van der Waals surface area contributed by atoms with E-state index in [0.717, 1.165) is 129 Å². The molecule has 7 nitrogen and oxygen atoms in total. The van der Waals surface area contributed by atoms with Crippen LogP contribution in [0.25, 0.3) is 0 Å². The molecule has 0 aliphatic rings. The number of carbonyl (C=O) groups is 3. The standard InChI is InChI=1S/C41H75NO6.CH4/c1-5-7-9-11-19-25-32-39(43)46-36-27-21-15-13-17-23-30-38(48-41(45)34-29-35-42(3)4)31-24-18-14-16-22-28-37-47-40(44)33-26-20-12-10-8-6-2;/h11-12,19-20,38H,5-10,13-18,21-37H2,1-4H3;1H4/b19-11-,20-12-;. The van der Waals surface area contributed by atoms with Gasteiger partial charge in [-0.2, -0.15) is 0 Å². The van der Waals surface area contributed by atoms with Gasteiger partial charge in [0.1, 0.15) is 6.10 Å². The van der Waals surface area contributed by atoms with Crippen molar-refractivity contribution in [2.45, 2.75) is 194 Å². The van der Waals surface area contributed by atoms with Crippen LogP contribution in [-0.4, -0.2) is 62.8 Å². The molecule has 0 atom stereocenters. The Morgan fingerprint density at radius 1 is 0.510 bits per heavy atom. The van der Waals surface area contributed by atoms with Crippen molar-refractivity contribution in [1.29, 1.82) is 0 Å². The number of rotatable bonds is 35. The molecule has 0 aromatic carbocycles. The van der Waals surface area contributed by atoms with Gasteiger partial charge in [0, 0.05) is 19.3 Å². The highest BCUT2D eigenvalue weighted by molar-refractivity contribution is 5.70. The Kier molecular flexibility index (Phi) is 38.6. The lowest BCUT2D eigenvalue weighted by Crippen LogP contribution is -2.20. The quantitative estimate of drug-likeness (QED) is 0.0283. The Morgan fingerprint density at radius 3 is 1.35 bits per heavy atom. The summed E-state index contributed by atoms with van der Waals surface area (Å²) in [4.78, 5) is 38.3. The fourth-order valence-corrected chi connectivity index (χ4v) is 5.44. The van der Waals surface area contributed by atoms with E-state index in [1.54, 1.807) is 0 Å². The van der Waals surface area contributed by atoms with Crippen molar-refractivity contribution in [2.75, 3.05) is 33.9 Å². The Morgan fingerprint density at radius 2 is 0.918 bits per heavy atom. The first-order valence-corrected chi connectivity index (χ1v) is 19.8. The molecule has 0 bridgehead atoms. The number of ether oxygens (including phenoxy) is 3. The van der Waals surface area contributed by atoms with Crippen LogP contribution in [0.5, 0.6) is 0 Å². The van der Waals surface area contributed by atoms with Crippen molar-refractivity contribution < 1.29 is 28.6 Å². The zero-order valence-corrected chi connectivity index (χ0v) is 31.8. The third kappa shape index (κ3) is 38.5. The van der Waals surface area contributed by atoms with Crippen molar-refractivity contribution in [1.82, 2.24) is 4.90 Å². The molecule has 0 aliphatic carbocycles. The molecule has 288 valence electrons. The zero-order valence-electron chi connectivity index (χ0n) is 31.8. The molecule has 7 heteroatoms. The van der Waals surface area contributed by atoms with Gasteiger partial charge in [-0.05, 0) is 91.3 Å². The Hall–Kier alpha value is -2.15. The first kappa shape index (κ1) is 49.0. The van der Waals surface area contributed by atoms with Crippen LogP contribution in [0.4, 0.5) is 0 Å². The van der Waals surface area contributed by atoms with Crippen molar-refractivity contribution in [2.24, 2.45) is 0 Å². The summed E-state index contributed by atoms with van der Waals surface area (Å²) in [5, 5.41) is 0. The first-order valence-electron chi connectivity index (χ1n) is 19.8. The lowest BCUT2D eigenvalue weighted by atomic mass is 10.0. The van der Waals surface area contributed by atoms with Gasteiger partial charge in [-0.15, -0.1) is 0 Å². The molecule has 0 saturated carbocycles. The summed E-state index contributed by atoms with van der Waals surface area (Å²) in [6, 6.07) is 0. The number of hydrogen-bond acceptors (Lipinski definition) is 7. The van der Waals surface area contributed by atoms with Crippen LogP contribution >= 0.6 is 0 Å². The maximum absolute atomic E-state index is 12.5. The molecule has 0 heterocycles. The highest BCUT2D eigenvalue weighted by atomic mass is 16.5. The van der Waals surface area contributed by atoms with Crippen molar-refractivity contribution >= 4 is 17.9 Å². The molecule has 0 radical (unpaired) electrons. The molecule has 0 N–H and O–H groups in total. The van der Waals surface area contributed by atoms with E-state index in [4.69, 9.17) is 14.2 Å². The molecule has 0 fully saturated rings. The number of esters is 3. The molecule has 49 heavy (non-hydrogen) atoms. The summed E-state index contributed by atoms with van der Waals surface area (Å²) in [5.74, 6) is -0.245. The highest BCUT2D eigenvalue weighted by Crippen LogP contribution is 2.18. The fourth-order valence-electron chi connectivity index (χ4n) is 5.44. The Labute approximate surface area is 303 Å². The van der Waals surface area contributed by atoms with Crippen LogP contribution in [-0.2, 0) is 28.6 Å². The van der Waals surface area contributed by atoms with E-state index >= 15 is 0 Å². The van der Waals surface area contributed by atoms with E-state index in [1.807, 2.05) is 14.1 Å².